The minimum Gasteiger partial charge on any atom is -0.264 e. The van der Waals surface area contributed by atoms with Crippen molar-refractivity contribution in [3.8, 4) is 33.4 Å². The normalized spacial score (nSPS) is 11.6. The number of aliphatic imine (C=N–C) groups is 1. The van der Waals surface area contributed by atoms with Gasteiger partial charge in [-0.25, -0.2) is 4.99 Å². The van der Waals surface area contributed by atoms with Gasteiger partial charge >= 0.3 is 0 Å². The van der Waals surface area contributed by atoms with Crippen molar-refractivity contribution in [3.05, 3.63) is 205 Å². The Morgan fingerprint density at radius 3 is 1.98 bits per heavy atom. The zero-order valence-corrected chi connectivity index (χ0v) is 28.5. The molecule has 0 aliphatic rings. The van der Waals surface area contributed by atoms with Crippen LogP contribution in [0.25, 0.3) is 62.0 Å². The number of benzene rings is 6. The summed E-state index contributed by atoms with van der Waals surface area (Å²) < 4.78 is 0. The summed E-state index contributed by atoms with van der Waals surface area (Å²) in [5.41, 5.74) is 15.1. The van der Waals surface area contributed by atoms with Gasteiger partial charge < -0.3 is 0 Å². The Morgan fingerprint density at radius 2 is 1.26 bits per heavy atom. The van der Waals surface area contributed by atoms with Gasteiger partial charge in [-0.3, -0.25) is 4.98 Å². The fraction of sp³-hybridized carbons (Fsp3) is 0.0417. The zero-order chi connectivity index (χ0) is 34.5. The average Bonchev–Trinajstić information content (AvgIpc) is 3.17. The number of hydrogen-bond donors (Lipinski definition) is 0. The summed E-state index contributed by atoms with van der Waals surface area (Å²) in [5, 5.41) is 2.29. The second-order valence-electron chi connectivity index (χ2n) is 12.4. The maximum atomic E-state index is 5.13. The van der Waals surface area contributed by atoms with Gasteiger partial charge in [0.05, 0.1) is 11.4 Å². The third-order valence-corrected chi connectivity index (χ3v) is 9.14. The summed E-state index contributed by atoms with van der Waals surface area (Å²) in [6, 6.07) is 49.4. The highest BCUT2D eigenvalue weighted by atomic mass is 14.8. The van der Waals surface area contributed by atoms with Gasteiger partial charge in [-0.2, -0.15) is 0 Å². The largest absolute Gasteiger partial charge is 0.264 e. The van der Waals surface area contributed by atoms with Crippen LogP contribution in [0.15, 0.2) is 176 Å². The molecule has 2 nitrogen and oxygen atoms in total. The van der Waals surface area contributed by atoms with Crippen molar-refractivity contribution < 1.29 is 0 Å². The molecule has 0 fully saturated rings. The van der Waals surface area contributed by atoms with Gasteiger partial charge in [0.25, 0.3) is 0 Å². The number of nitrogens with zero attached hydrogens (tertiary/aromatic N) is 2. The molecule has 0 N–H and O–H groups in total. The van der Waals surface area contributed by atoms with Crippen molar-refractivity contribution in [1.82, 2.24) is 4.98 Å². The van der Waals surface area contributed by atoms with Crippen molar-refractivity contribution >= 4 is 34.3 Å². The van der Waals surface area contributed by atoms with E-state index in [0.29, 0.717) is 0 Å². The number of aryl methyl sites for hydroxylation is 1. The first-order valence-electron chi connectivity index (χ1n) is 16.9. The number of aromatic nitrogens is 1. The van der Waals surface area contributed by atoms with Gasteiger partial charge in [-0.15, -0.1) is 0 Å². The van der Waals surface area contributed by atoms with E-state index in [1.807, 2.05) is 43.6 Å². The molecular formula is C48H38N2. The van der Waals surface area contributed by atoms with Crippen LogP contribution in [0.1, 0.15) is 40.3 Å². The minimum atomic E-state index is 0.720. The molecule has 50 heavy (non-hydrogen) atoms. The van der Waals surface area contributed by atoms with E-state index in [9.17, 15) is 0 Å². The van der Waals surface area contributed by atoms with E-state index in [4.69, 9.17) is 4.99 Å². The van der Waals surface area contributed by atoms with Crippen LogP contribution in [0.5, 0.6) is 0 Å². The Balaban J connectivity index is 1.30. The van der Waals surface area contributed by atoms with Gasteiger partial charge in [-0.1, -0.05) is 135 Å². The van der Waals surface area contributed by atoms with E-state index in [0.717, 1.165) is 78.0 Å². The molecular weight excluding hydrogens is 605 g/mol. The van der Waals surface area contributed by atoms with Crippen molar-refractivity contribution in [2.24, 2.45) is 4.99 Å². The summed E-state index contributed by atoms with van der Waals surface area (Å²) in [5.74, 6) is 0. The fourth-order valence-corrected chi connectivity index (χ4v) is 6.42. The summed E-state index contributed by atoms with van der Waals surface area (Å²) in [6.07, 6.45) is 9.88. The molecule has 7 rings (SSSR count). The summed E-state index contributed by atoms with van der Waals surface area (Å²) in [6.45, 7) is 12.6. The molecule has 0 radical (unpaired) electrons. The SMILES string of the molecule is C=Cc1ccc(-c2cc(-c3ccc(C(=C)N=C(c4ccccc4)c4ccccc4C)cc3)cc(-c3ccc4cnccc4c3)c2)cc1/C=C\C. The lowest BCUT2D eigenvalue weighted by molar-refractivity contribution is 1.36. The summed E-state index contributed by atoms with van der Waals surface area (Å²) >= 11 is 0. The van der Waals surface area contributed by atoms with Gasteiger partial charge in [0.15, 0.2) is 0 Å². The topological polar surface area (TPSA) is 25.2 Å². The second kappa shape index (κ2) is 14.4. The lowest BCUT2D eigenvalue weighted by atomic mass is 9.91. The van der Waals surface area contributed by atoms with Crippen LogP contribution in [0, 0.1) is 6.92 Å². The third kappa shape index (κ3) is 6.78. The molecule has 0 bridgehead atoms. The Hall–Kier alpha value is -6.38. The van der Waals surface area contributed by atoms with E-state index < -0.39 is 0 Å². The Morgan fingerprint density at radius 1 is 0.600 bits per heavy atom. The molecule has 1 aromatic heterocycles. The molecule has 6 aromatic carbocycles. The standard InChI is InChI=1S/C48H38N2/c1-5-12-39-27-40(22-17-35(39)6-2)45-29-44(30-46(31-45)41-23-24-43-32-49-26-25-42(43)28-41)37-20-18-36(19-21-37)34(4)50-48(38-14-8-7-9-15-38)47-16-11-10-13-33(47)3/h5-32H,2,4H2,1,3H3/b12-5-,50-48?. The quantitative estimate of drug-likeness (QED) is 0.144. The molecule has 0 spiro atoms. The van der Waals surface area contributed by atoms with Gasteiger partial charge in [0, 0.05) is 28.9 Å². The average molecular weight is 643 g/mol. The lowest BCUT2D eigenvalue weighted by Gasteiger charge is -2.14. The number of allylic oxidation sites excluding steroid dienone is 1. The van der Waals surface area contributed by atoms with Gasteiger partial charge in [0.1, 0.15) is 0 Å². The van der Waals surface area contributed by atoms with Crippen LogP contribution >= 0.6 is 0 Å². The molecule has 0 atom stereocenters. The highest BCUT2D eigenvalue weighted by Gasteiger charge is 2.13. The van der Waals surface area contributed by atoms with Crippen molar-refractivity contribution in [3.63, 3.8) is 0 Å². The van der Waals surface area contributed by atoms with Crippen molar-refractivity contribution in [2.75, 3.05) is 0 Å². The van der Waals surface area contributed by atoms with E-state index in [1.165, 1.54) is 10.9 Å². The van der Waals surface area contributed by atoms with Gasteiger partial charge in [-0.05, 0) is 111 Å². The molecule has 0 aliphatic carbocycles. The Kier molecular flexibility index (Phi) is 9.26. The smallest absolute Gasteiger partial charge is 0.0784 e. The van der Waals surface area contributed by atoms with Crippen molar-refractivity contribution in [1.29, 1.82) is 0 Å². The molecule has 2 heteroatoms. The number of pyridine rings is 1. The Labute approximate surface area is 295 Å². The van der Waals surface area contributed by atoms with Crippen LogP contribution in [0.4, 0.5) is 0 Å². The molecule has 1 heterocycles. The van der Waals surface area contributed by atoms with Crippen LogP contribution in [0.3, 0.4) is 0 Å². The molecule has 7 aromatic rings. The second-order valence-corrected chi connectivity index (χ2v) is 12.4. The third-order valence-electron chi connectivity index (χ3n) is 9.14. The van der Waals surface area contributed by atoms with E-state index in [2.05, 4.69) is 159 Å². The molecule has 0 amide bonds. The minimum absolute atomic E-state index is 0.720. The van der Waals surface area contributed by atoms with Crippen LogP contribution in [0.2, 0.25) is 0 Å². The Bertz CT molecular complexity index is 2410. The zero-order valence-electron chi connectivity index (χ0n) is 28.5. The van der Waals surface area contributed by atoms with Crippen LogP contribution < -0.4 is 0 Å². The monoisotopic (exact) mass is 642 g/mol. The summed E-state index contributed by atoms with van der Waals surface area (Å²) in [4.78, 5) is 9.43. The predicted molar refractivity (Wildman–Crippen MR) is 215 cm³/mol. The maximum absolute atomic E-state index is 5.13. The highest BCUT2D eigenvalue weighted by Crippen LogP contribution is 2.35. The number of rotatable bonds is 9. The lowest BCUT2D eigenvalue weighted by Crippen LogP contribution is -2.05. The first-order chi connectivity index (χ1) is 24.5. The molecule has 240 valence electrons. The fourth-order valence-electron chi connectivity index (χ4n) is 6.42. The first kappa shape index (κ1) is 32.2. The van der Waals surface area contributed by atoms with Crippen molar-refractivity contribution in [2.45, 2.75) is 13.8 Å². The number of fused-ring (bicyclic) bond motifs is 1. The maximum Gasteiger partial charge on any atom is 0.0784 e. The summed E-state index contributed by atoms with van der Waals surface area (Å²) in [7, 11) is 0. The predicted octanol–water partition coefficient (Wildman–Crippen LogP) is 12.7. The van der Waals surface area contributed by atoms with E-state index in [-0.39, 0.29) is 0 Å². The van der Waals surface area contributed by atoms with E-state index in [1.54, 1.807) is 0 Å². The molecule has 0 saturated carbocycles. The van der Waals surface area contributed by atoms with Crippen LogP contribution in [-0.2, 0) is 0 Å². The number of hydrogen-bond acceptors (Lipinski definition) is 2. The first-order valence-corrected chi connectivity index (χ1v) is 16.9. The van der Waals surface area contributed by atoms with E-state index >= 15 is 0 Å². The molecule has 0 aliphatic heterocycles. The highest BCUT2D eigenvalue weighted by molar-refractivity contribution is 6.15. The van der Waals surface area contributed by atoms with Gasteiger partial charge in [0.2, 0.25) is 0 Å². The molecule has 0 saturated heterocycles. The van der Waals surface area contributed by atoms with Crippen LogP contribution in [-0.4, -0.2) is 10.7 Å². The molecule has 0 unspecified atom stereocenters.